The third kappa shape index (κ3) is 4.66. The van der Waals surface area contributed by atoms with E-state index in [1.165, 1.54) is 11.1 Å². The molecule has 2 heterocycles. The van der Waals surface area contributed by atoms with E-state index in [0.29, 0.717) is 0 Å². The van der Waals surface area contributed by atoms with Gasteiger partial charge in [0.2, 0.25) is 0 Å². The molecule has 0 aliphatic carbocycles. The molecule has 30 heavy (non-hydrogen) atoms. The van der Waals surface area contributed by atoms with Crippen LogP contribution in [0.25, 0.3) is 11.3 Å². The van der Waals surface area contributed by atoms with E-state index in [-0.39, 0.29) is 0 Å². The van der Waals surface area contributed by atoms with Crippen molar-refractivity contribution in [1.82, 2.24) is 15.0 Å². The Morgan fingerprint density at radius 2 is 1.50 bits per heavy atom. The quantitative estimate of drug-likeness (QED) is 0.590. The Balaban J connectivity index is 1.32. The summed E-state index contributed by atoms with van der Waals surface area (Å²) in [6.07, 6.45) is 0. The molecule has 1 fully saturated rings. The maximum Gasteiger partial charge on any atom is 0.167 e. The number of methoxy groups -OCH3 is 2. The van der Waals surface area contributed by atoms with E-state index in [2.05, 4.69) is 40.1 Å². The molecule has 158 valence electrons. The third-order valence-corrected chi connectivity index (χ3v) is 5.70. The Bertz CT molecular complexity index is 963. The van der Waals surface area contributed by atoms with Gasteiger partial charge in [-0.1, -0.05) is 35.5 Å². The van der Waals surface area contributed by atoms with Crippen LogP contribution in [0.15, 0.2) is 53.1 Å². The highest BCUT2D eigenvalue weighted by atomic mass is 16.5. The number of aromatic nitrogens is 1. The Kier molecular flexibility index (Phi) is 6.35. The second-order valence-electron chi connectivity index (χ2n) is 7.73. The number of aryl methyl sites for hydroxylation is 1. The van der Waals surface area contributed by atoms with Crippen molar-refractivity contribution in [2.24, 2.45) is 0 Å². The molecule has 2 aromatic carbocycles. The van der Waals surface area contributed by atoms with E-state index in [0.717, 1.165) is 67.8 Å². The van der Waals surface area contributed by atoms with Gasteiger partial charge in [0.05, 0.1) is 19.9 Å². The molecule has 0 spiro atoms. The standard InChI is InChI=1S/C24H29N3O3/c1-18-13-23(28-2)24(29-3)14-20(18)16-26-9-11-27(12-10-26)17-21-15-22(30-25-21)19-7-5-4-6-8-19/h4-8,13-15H,9-12,16-17H2,1-3H3. The van der Waals surface area contributed by atoms with Crippen LogP contribution in [0, 0.1) is 6.92 Å². The molecule has 0 amide bonds. The van der Waals surface area contributed by atoms with Gasteiger partial charge in [0.25, 0.3) is 0 Å². The van der Waals surface area contributed by atoms with Crippen LogP contribution in [-0.4, -0.2) is 55.4 Å². The van der Waals surface area contributed by atoms with Crippen molar-refractivity contribution >= 4 is 0 Å². The van der Waals surface area contributed by atoms with Crippen LogP contribution >= 0.6 is 0 Å². The lowest BCUT2D eigenvalue weighted by Gasteiger charge is -2.34. The van der Waals surface area contributed by atoms with Crippen LogP contribution in [0.3, 0.4) is 0 Å². The molecular formula is C24H29N3O3. The third-order valence-electron chi connectivity index (χ3n) is 5.70. The Morgan fingerprint density at radius 1 is 0.867 bits per heavy atom. The van der Waals surface area contributed by atoms with Crippen LogP contribution < -0.4 is 9.47 Å². The molecular weight excluding hydrogens is 378 g/mol. The van der Waals surface area contributed by atoms with Crippen LogP contribution in [0.2, 0.25) is 0 Å². The van der Waals surface area contributed by atoms with Crippen LogP contribution in [0.5, 0.6) is 11.5 Å². The average Bonchev–Trinajstić information content (AvgIpc) is 3.25. The van der Waals surface area contributed by atoms with Gasteiger partial charge in [0, 0.05) is 50.9 Å². The minimum Gasteiger partial charge on any atom is -0.493 e. The van der Waals surface area contributed by atoms with Gasteiger partial charge in [-0.15, -0.1) is 0 Å². The molecule has 0 atom stereocenters. The van der Waals surface area contributed by atoms with Crippen LogP contribution in [0.1, 0.15) is 16.8 Å². The van der Waals surface area contributed by atoms with Crippen molar-refractivity contribution in [3.63, 3.8) is 0 Å². The zero-order valence-corrected chi connectivity index (χ0v) is 17.9. The molecule has 4 rings (SSSR count). The largest absolute Gasteiger partial charge is 0.493 e. The van der Waals surface area contributed by atoms with Gasteiger partial charge in [0.1, 0.15) is 0 Å². The summed E-state index contributed by atoms with van der Waals surface area (Å²) in [5.74, 6) is 2.40. The van der Waals surface area contributed by atoms with Gasteiger partial charge in [-0.25, -0.2) is 0 Å². The zero-order valence-electron chi connectivity index (χ0n) is 17.9. The van der Waals surface area contributed by atoms with Gasteiger partial charge in [-0.3, -0.25) is 9.80 Å². The van der Waals surface area contributed by atoms with E-state index in [9.17, 15) is 0 Å². The fourth-order valence-electron chi connectivity index (χ4n) is 3.89. The molecule has 1 saturated heterocycles. The molecule has 6 heteroatoms. The minimum atomic E-state index is 0.783. The molecule has 3 aromatic rings. The first-order valence-electron chi connectivity index (χ1n) is 10.3. The topological polar surface area (TPSA) is 51.0 Å². The van der Waals surface area contributed by atoms with E-state index in [4.69, 9.17) is 14.0 Å². The number of nitrogens with zero attached hydrogens (tertiary/aromatic N) is 3. The molecule has 0 bridgehead atoms. The lowest BCUT2D eigenvalue weighted by Crippen LogP contribution is -2.45. The lowest BCUT2D eigenvalue weighted by molar-refractivity contribution is 0.120. The maximum atomic E-state index is 5.54. The van der Waals surface area contributed by atoms with E-state index in [1.807, 2.05) is 30.3 Å². The predicted octanol–water partition coefficient (Wildman–Crippen LogP) is 3.99. The number of benzene rings is 2. The monoisotopic (exact) mass is 407 g/mol. The number of ether oxygens (including phenoxy) is 2. The predicted molar refractivity (Wildman–Crippen MR) is 117 cm³/mol. The molecule has 1 aliphatic rings. The Hall–Kier alpha value is -2.83. The summed E-state index contributed by atoms with van der Waals surface area (Å²) >= 11 is 0. The normalized spacial score (nSPS) is 15.3. The summed E-state index contributed by atoms with van der Waals surface area (Å²) in [7, 11) is 3.36. The minimum absolute atomic E-state index is 0.783. The van der Waals surface area contributed by atoms with Gasteiger partial charge in [0.15, 0.2) is 17.3 Å². The smallest absolute Gasteiger partial charge is 0.167 e. The number of hydrogen-bond acceptors (Lipinski definition) is 6. The van der Waals surface area contributed by atoms with Crippen molar-refractivity contribution in [1.29, 1.82) is 0 Å². The van der Waals surface area contributed by atoms with E-state index < -0.39 is 0 Å². The number of hydrogen-bond donors (Lipinski definition) is 0. The first kappa shape index (κ1) is 20.4. The summed E-state index contributed by atoms with van der Waals surface area (Å²) in [5, 5.41) is 4.26. The summed E-state index contributed by atoms with van der Waals surface area (Å²) < 4.78 is 16.4. The summed E-state index contributed by atoms with van der Waals surface area (Å²) in [6.45, 7) is 7.94. The highest BCUT2D eigenvalue weighted by Crippen LogP contribution is 2.31. The van der Waals surface area contributed by atoms with E-state index in [1.54, 1.807) is 14.2 Å². The van der Waals surface area contributed by atoms with Crippen molar-refractivity contribution in [3.8, 4) is 22.8 Å². The molecule has 0 N–H and O–H groups in total. The number of rotatable bonds is 7. The van der Waals surface area contributed by atoms with Gasteiger partial charge < -0.3 is 14.0 Å². The second kappa shape index (κ2) is 9.32. The molecule has 0 radical (unpaired) electrons. The summed E-state index contributed by atoms with van der Waals surface area (Å²) in [5.41, 5.74) is 4.56. The molecule has 6 nitrogen and oxygen atoms in total. The molecule has 0 unspecified atom stereocenters. The van der Waals surface area contributed by atoms with E-state index >= 15 is 0 Å². The average molecular weight is 408 g/mol. The van der Waals surface area contributed by atoms with Crippen LogP contribution in [-0.2, 0) is 13.1 Å². The van der Waals surface area contributed by atoms with Crippen molar-refractivity contribution in [3.05, 3.63) is 65.4 Å². The van der Waals surface area contributed by atoms with Crippen LogP contribution in [0.4, 0.5) is 0 Å². The number of piperazine rings is 1. The molecule has 1 aliphatic heterocycles. The molecule has 1 aromatic heterocycles. The lowest BCUT2D eigenvalue weighted by atomic mass is 10.1. The van der Waals surface area contributed by atoms with Gasteiger partial charge >= 0.3 is 0 Å². The van der Waals surface area contributed by atoms with Crippen molar-refractivity contribution in [2.45, 2.75) is 20.0 Å². The first-order chi connectivity index (χ1) is 14.7. The van der Waals surface area contributed by atoms with Crippen molar-refractivity contribution < 1.29 is 14.0 Å². The SMILES string of the molecule is COc1cc(C)c(CN2CCN(Cc3cc(-c4ccccc4)on3)CC2)cc1OC. The molecule has 0 saturated carbocycles. The fourth-order valence-corrected chi connectivity index (χ4v) is 3.89. The summed E-state index contributed by atoms with van der Waals surface area (Å²) in [4.78, 5) is 4.92. The maximum absolute atomic E-state index is 5.54. The second-order valence-corrected chi connectivity index (χ2v) is 7.73. The highest BCUT2D eigenvalue weighted by Gasteiger charge is 2.20. The highest BCUT2D eigenvalue weighted by molar-refractivity contribution is 5.56. The Labute approximate surface area is 178 Å². The van der Waals surface area contributed by atoms with Gasteiger partial charge in [-0.05, 0) is 30.2 Å². The zero-order chi connectivity index (χ0) is 20.9. The fraction of sp³-hybridized carbons (Fsp3) is 0.375. The Morgan fingerprint density at radius 3 is 2.17 bits per heavy atom. The first-order valence-corrected chi connectivity index (χ1v) is 10.3. The van der Waals surface area contributed by atoms with Crippen molar-refractivity contribution in [2.75, 3.05) is 40.4 Å². The summed E-state index contributed by atoms with van der Waals surface area (Å²) in [6, 6.07) is 16.3. The van der Waals surface area contributed by atoms with Gasteiger partial charge in [-0.2, -0.15) is 0 Å².